The third-order valence-corrected chi connectivity index (χ3v) is 4.25. The fourth-order valence-corrected chi connectivity index (χ4v) is 3.04. The molecule has 0 heterocycles. The van der Waals surface area contributed by atoms with Crippen molar-refractivity contribution < 1.29 is 0 Å². The third kappa shape index (κ3) is 5.64. The van der Waals surface area contributed by atoms with Crippen LogP contribution < -0.4 is 5.32 Å². The first-order valence-electron chi connectivity index (χ1n) is 7.79. The summed E-state index contributed by atoms with van der Waals surface area (Å²) in [4.78, 5) is 0. The molecule has 0 saturated carbocycles. The van der Waals surface area contributed by atoms with Gasteiger partial charge in [0.15, 0.2) is 0 Å². The van der Waals surface area contributed by atoms with Crippen molar-refractivity contribution in [1.82, 2.24) is 5.32 Å². The summed E-state index contributed by atoms with van der Waals surface area (Å²) >= 11 is 3.55. The van der Waals surface area contributed by atoms with Crippen LogP contribution in [0.1, 0.15) is 36.8 Å². The third-order valence-electron chi connectivity index (χ3n) is 3.76. The predicted octanol–water partition coefficient (Wildman–Crippen LogP) is 5.17. The van der Waals surface area contributed by atoms with Crippen LogP contribution in [0.3, 0.4) is 0 Å². The van der Waals surface area contributed by atoms with Crippen molar-refractivity contribution in [2.75, 3.05) is 13.1 Å². The van der Waals surface area contributed by atoms with E-state index in [1.165, 1.54) is 28.4 Å². The molecule has 112 valence electrons. The Morgan fingerprint density at radius 3 is 2.57 bits per heavy atom. The van der Waals surface area contributed by atoms with E-state index in [9.17, 15) is 0 Å². The standard InChI is InChI=1S/C19H24BrN/c1-2-13-21-15-18(17-8-4-3-5-9-17)12-11-16-7-6-10-19(20)14-16/h3-10,14,18,21H,2,11-13,15H2,1H3. The lowest BCUT2D eigenvalue weighted by Gasteiger charge is -2.18. The maximum atomic E-state index is 3.57. The fourth-order valence-electron chi connectivity index (χ4n) is 2.60. The second-order valence-corrected chi connectivity index (χ2v) is 6.40. The average molecular weight is 346 g/mol. The molecule has 2 aromatic carbocycles. The highest BCUT2D eigenvalue weighted by Gasteiger charge is 2.11. The van der Waals surface area contributed by atoms with Crippen molar-refractivity contribution in [3.8, 4) is 0 Å². The van der Waals surface area contributed by atoms with Gasteiger partial charge in [0.05, 0.1) is 0 Å². The summed E-state index contributed by atoms with van der Waals surface area (Å²) < 4.78 is 1.17. The SMILES string of the molecule is CCCNCC(CCc1cccc(Br)c1)c1ccccc1. The van der Waals surface area contributed by atoms with Gasteiger partial charge in [-0.2, -0.15) is 0 Å². The smallest absolute Gasteiger partial charge is 0.0177 e. The molecule has 0 fully saturated rings. The van der Waals surface area contributed by atoms with Crippen molar-refractivity contribution in [1.29, 1.82) is 0 Å². The molecule has 1 unspecified atom stereocenters. The number of nitrogens with one attached hydrogen (secondary N) is 1. The number of hydrogen-bond acceptors (Lipinski definition) is 1. The Kier molecular flexibility index (Phi) is 6.98. The van der Waals surface area contributed by atoms with Crippen LogP contribution in [0, 0.1) is 0 Å². The molecular formula is C19H24BrN. The van der Waals surface area contributed by atoms with Crippen LogP contribution in [0.4, 0.5) is 0 Å². The first-order chi connectivity index (χ1) is 10.3. The molecule has 0 aromatic heterocycles. The van der Waals surface area contributed by atoms with Gasteiger partial charge in [0, 0.05) is 11.0 Å². The van der Waals surface area contributed by atoms with Crippen molar-refractivity contribution in [2.24, 2.45) is 0 Å². The van der Waals surface area contributed by atoms with Crippen LogP contribution in [0.2, 0.25) is 0 Å². The van der Waals surface area contributed by atoms with Crippen LogP contribution in [-0.4, -0.2) is 13.1 Å². The molecule has 1 N–H and O–H groups in total. The van der Waals surface area contributed by atoms with Crippen LogP contribution in [0.15, 0.2) is 59.1 Å². The Balaban J connectivity index is 1.98. The number of halogens is 1. The van der Waals surface area contributed by atoms with Crippen LogP contribution in [0.25, 0.3) is 0 Å². The molecule has 2 rings (SSSR count). The maximum Gasteiger partial charge on any atom is 0.0177 e. The summed E-state index contributed by atoms with van der Waals surface area (Å²) in [6.45, 7) is 4.37. The molecule has 1 nitrogen and oxygen atoms in total. The minimum atomic E-state index is 0.580. The molecule has 0 bridgehead atoms. The fraction of sp³-hybridized carbons (Fsp3) is 0.368. The van der Waals surface area contributed by atoms with Gasteiger partial charge in [-0.15, -0.1) is 0 Å². The van der Waals surface area contributed by atoms with E-state index in [0.29, 0.717) is 5.92 Å². The number of hydrogen-bond donors (Lipinski definition) is 1. The zero-order valence-electron chi connectivity index (χ0n) is 12.7. The number of benzene rings is 2. The van der Waals surface area contributed by atoms with Crippen molar-refractivity contribution in [3.05, 3.63) is 70.2 Å². The van der Waals surface area contributed by atoms with Gasteiger partial charge in [0.1, 0.15) is 0 Å². The average Bonchev–Trinajstić information content (AvgIpc) is 2.52. The van der Waals surface area contributed by atoms with E-state index in [2.05, 4.69) is 82.8 Å². The van der Waals surface area contributed by atoms with Gasteiger partial charge in [-0.25, -0.2) is 0 Å². The molecule has 0 spiro atoms. The van der Waals surface area contributed by atoms with Gasteiger partial charge in [-0.3, -0.25) is 0 Å². The molecule has 0 aliphatic carbocycles. The Bertz CT molecular complexity index is 524. The van der Waals surface area contributed by atoms with E-state index in [-0.39, 0.29) is 0 Å². The summed E-state index contributed by atoms with van der Waals surface area (Å²) in [5, 5.41) is 3.57. The first-order valence-corrected chi connectivity index (χ1v) is 8.59. The summed E-state index contributed by atoms with van der Waals surface area (Å²) in [6, 6.07) is 19.5. The van der Waals surface area contributed by atoms with Crippen molar-refractivity contribution >= 4 is 15.9 Å². The minimum Gasteiger partial charge on any atom is -0.316 e. The van der Waals surface area contributed by atoms with E-state index in [0.717, 1.165) is 19.5 Å². The lowest BCUT2D eigenvalue weighted by Crippen LogP contribution is -2.22. The summed E-state index contributed by atoms with van der Waals surface area (Å²) in [5.41, 5.74) is 2.84. The zero-order chi connectivity index (χ0) is 14.9. The number of aryl methyl sites for hydroxylation is 1. The van der Waals surface area contributed by atoms with E-state index >= 15 is 0 Å². The minimum absolute atomic E-state index is 0.580. The first kappa shape index (κ1) is 16.3. The Morgan fingerprint density at radius 2 is 1.86 bits per heavy atom. The van der Waals surface area contributed by atoms with Gasteiger partial charge in [0.2, 0.25) is 0 Å². The lowest BCUT2D eigenvalue weighted by molar-refractivity contribution is 0.548. The molecule has 0 amide bonds. The monoisotopic (exact) mass is 345 g/mol. The molecule has 0 saturated heterocycles. The normalized spacial score (nSPS) is 12.3. The van der Waals surface area contributed by atoms with E-state index in [1.807, 2.05) is 0 Å². The molecule has 0 aliphatic rings. The molecule has 21 heavy (non-hydrogen) atoms. The van der Waals surface area contributed by atoms with Crippen LogP contribution in [-0.2, 0) is 6.42 Å². The quantitative estimate of drug-likeness (QED) is 0.651. The van der Waals surface area contributed by atoms with Crippen LogP contribution >= 0.6 is 15.9 Å². The van der Waals surface area contributed by atoms with E-state index in [4.69, 9.17) is 0 Å². The van der Waals surface area contributed by atoms with E-state index in [1.54, 1.807) is 0 Å². The Labute approximate surface area is 136 Å². The number of rotatable bonds is 8. The van der Waals surface area contributed by atoms with Gasteiger partial charge in [0.25, 0.3) is 0 Å². The molecule has 1 atom stereocenters. The highest BCUT2D eigenvalue weighted by Crippen LogP contribution is 2.22. The molecule has 2 heteroatoms. The highest BCUT2D eigenvalue weighted by molar-refractivity contribution is 9.10. The van der Waals surface area contributed by atoms with Gasteiger partial charge in [-0.05, 0) is 55.0 Å². The highest BCUT2D eigenvalue weighted by atomic mass is 79.9. The second kappa shape index (κ2) is 9.01. The largest absolute Gasteiger partial charge is 0.316 e. The molecular weight excluding hydrogens is 322 g/mol. The molecule has 0 radical (unpaired) electrons. The Hall–Kier alpha value is -1.12. The van der Waals surface area contributed by atoms with Gasteiger partial charge in [-0.1, -0.05) is 65.3 Å². The van der Waals surface area contributed by atoms with Gasteiger partial charge < -0.3 is 5.32 Å². The zero-order valence-corrected chi connectivity index (χ0v) is 14.3. The summed E-state index contributed by atoms with van der Waals surface area (Å²) in [6.07, 6.45) is 3.48. The second-order valence-electron chi connectivity index (χ2n) is 5.48. The Morgan fingerprint density at radius 1 is 1.05 bits per heavy atom. The molecule has 0 aliphatic heterocycles. The topological polar surface area (TPSA) is 12.0 Å². The van der Waals surface area contributed by atoms with Gasteiger partial charge >= 0.3 is 0 Å². The molecule has 2 aromatic rings. The van der Waals surface area contributed by atoms with E-state index < -0.39 is 0 Å². The maximum absolute atomic E-state index is 3.57. The van der Waals surface area contributed by atoms with Crippen molar-refractivity contribution in [3.63, 3.8) is 0 Å². The summed E-state index contributed by atoms with van der Waals surface area (Å²) in [5.74, 6) is 0.580. The summed E-state index contributed by atoms with van der Waals surface area (Å²) in [7, 11) is 0. The van der Waals surface area contributed by atoms with Crippen molar-refractivity contribution in [2.45, 2.75) is 32.1 Å². The lowest BCUT2D eigenvalue weighted by atomic mass is 9.92. The van der Waals surface area contributed by atoms with Crippen LogP contribution in [0.5, 0.6) is 0 Å². The predicted molar refractivity (Wildman–Crippen MR) is 94.8 cm³/mol.